The lowest BCUT2D eigenvalue weighted by atomic mass is 9.92. The second-order valence-electron chi connectivity index (χ2n) is 16.6. The normalized spacial score (nSPS) is 11.3. The van der Waals surface area contributed by atoms with E-state index in [0.717, 1.165) is 94.5 Å². The summed E-state index contributed by atoms with van der Waals surface area (Å²) in [6.45, 7) is 0. The second-order valence-corrected chi connectivity index (χ2v) is 16.6. The van der Waals surface area contributed by atoms with E-state index < -0.39 is 0 Å². The minimum atomic E-state index is 0.699. The van der Waals surface area contributed by atoms with Crippen LogP contribution >= 0.6 is 0 Å². The Bertz CT molecular complexity index is 3720. The van der Waals surface area contributed by atoms with Crippen LogP contribution < -0.4 is 0 Å². The molecule has 66 heavy (non-hydrogen) atoms. The van der Waals surface area contributed by atoms with Crippen LogP contribution in [-0.4, -0.2) is 19.9 Å². The Morgan fingerprint density at radius 3 is 1.24 bits per heavy atom. The van der Waals surface area contributed by atoms with Crippen molar-refractivity contribution in [3.05, 3.63) is 243 Å². The Morgan fingerprint density at radius 2 is 0.621 bits per heavy atom. The van der Waals surface area contributed by atoms with Crippen LogP contribution in [-0.2, 0) is 0 Å². The first-order valence-corrected chi connectivity index (χ1v) is 22.3. The van der Waals surface area contributed by atoms with Crippen molar-refractivity contribution >= 4 is 32.6 Å². The Morgan fingerprint density at radius 1 is 0.212 bits per heavy atom. The van der Waals surface area contributed by atoms with E-state index >= 15 is 0 Å². The third-order valence-electron chi connectivity index (χ3n) is 12.5. The van der Waals surface area contributed by atoms with Crippen molar-refractivity contribution in [3.63, 3.8) is 0 Å². The summed E-state index contributed by atoms with van der Waals surface area (Å²) in [5.74, 6) is 0.699. The van der Waals surface area contributed by atoms with Gasteiger partial charge in [-0.15, -0.1) is 0 Å². The average Bonchev–Trinajstić information content (AvgIpc) is 3.41. The molecule has 0 bridgehead atoms. The molecule has 9 aromatic carbocycles. The van der Waals surface area contributed by atoms with Gasteiger partial charge < -0.3 is 0 Å². The predicted molar refractivity (Wildman–Crippen MR) is 274 cm³/mol. The molecular weight excluding hydrogens is 801 g/mol. The van der Waals surface area contributed by atoms with Crippen molar-refractivity contribution in [1.29, 1.82) is 0 Å². The molecule has 0 N–H and O–H groups in total. The first kappa shape index (κ1) is 38.8. The number of benzene rings is 9. The highest BCUT2D eigenvalue weighted by Gasteiger charge is 2.15. The van der Waals surface area contributed by atoms with Gasteiger partial charge in [0.25, 0.3) is 0 Å². The second kappa shape index (κ2) is 16.7. The maximum Gasteiger partial charge on any atom is 0.160 e. The summed E-state index contributed by atoms with van der Waals surface area (Å²) in [5, 5.41) is 4.47. The molecule has 0 unspecified atom stereocenters. The molecule has 3 aromatic heterocycles. The summed E-state index contributed by atoms with van der Waals surface area (Å²) >= 11 is 0. The highest BCUT2D eigenvalue weighted by atomic mass is 14.9. The van der Waals surface area contributed by atoms with Crippen LogP contribution in [0.15, 0.2) is 243 Å². The molecule has 308 valence electrons. The van der Waals surface area contributed by atoms with Crippen LogP contribution in [0.4, 0.5) is 0 Å². The van der Waals surface area contributed by atoms with Crippen molar-refractivity contribution in [2.45, 2.75) is 0 Å². The fourth-order valence-corrected chi connectivity index (χ4v) is 9.08. The highest BCUT2D eigenvalue weighted by molar-refractivity contribution is 6.07. The van der Waals surface area contributed by atoms with E-state index in [4.69, 9.17) is 19.9 Å². The summed E-state index contributed by atoms with van der Waals surface area (Å²) in [5.41, 5.74) is 17.6. The van der Waals surface area contributed by atoms with E-state index in [0.29, 0.717) is 5.82 Å². The molecule has 4 nitrogen and oxygen atoms in total. The van der Waals surface area contributed by atoms with Crippen molar-refractivity contribution < 1.29 is 0 Å². The van der Waals surface area contributed by atoms with Gasteiger partial charge in [0.05, 0.1) is 33.8 Å². The van der Waals surface area contributed by atoms with E-state index in [9.17, 15) is 0 Å². The Balaban J connectivity index is 0.874. The molecule has 0 radical (unpaired) electrons. The number of pyridine rings is 2. The fraction of sp³-hybridized carbons (Fsp3) is 0. The molecule has 0 saturated carbocycles. The molecule has 0 aliphatic heterocycles. The highest BCUT2D eigenvalue weighted by Crippen LogP contribution is 2.38. The summed E-state index contributed by atoms with van der Waals surface area (Å²) in [7, 11) is 0. The van der Waals surface area contributed by atoms with Crippen LogP contribution in [0.2, 0.25) is 0 Å². The van der Waals surface area contributed by atoms with Crippen LogP contribution in [0.3, 0.4) is 0 Å². The smallest absolute Gasteiger partial charge is 0.160 e. The molecule has 0 aliphatic rings. The topological polar surface area (TPSA) is 51.6 Å². The molecule has 3 heterocycles. The maximum absolute atomic E-state index is 5.33. The van der Waals surface area contributed by atoms with Gasteiger partial charge in [-0.25, -0.2) is 19.9 Å². The van der Waals surface area contributed by atoms with Crippen LogP contribution in [0.5, 0.6) is 0 Å². The summed E-state index contributed by atoms with van der Waals surface area (Å²) in [6, 6.07) is 85.2. The van der Waals surface area contributed by atoms with Crippen molar-refractivity contribution in [2.24, 2.45) is 0 Å². The largest absolute Gasteiger partial charge is 0.245 e. The van der Waals surface area contributed by atoms with Crippen molar-refractivity contribution in [2.75, 3.05) is 0 Å². The number of nitrogens with zero attached hydrogens (tertiary/aromatic N) is 4. The minimum Gasteiger partial charge on any atom is -0.245 e. The minimum absolute atomic E-state index is 0.699. The van der Waals surface area contributed by atoms with Gasteiger partial charge >= 0.3 is 0 Å². The van der Waals surface area contributed by atoms with Gasteiger partial charge in [0, 0.05) is 38.6 Å². The van der Waals surface area contributed by atoms with E-state index in [1.54, 1.807) is 0 Å². The maximum atomic E-state index is 5.33. The molecule has 0 atom stereocenters. The number of rotatable bonds is 8. The standard InChI is InChI=1S/C62H40N4/c1-4-13-41(14-5-1)42-23-27-45(28-24-42)58-40-59(66-62(65-58)49-17-8-3-9-18-49)46-29-25-43(26-30-46)50-19-12-20-51(39-50)52-35-36-55(54-22-11-10-21-53(52)54)57-38-34-48-32-31-47-33-37-56(44-15-6-2-7-16-44)63-60(47)61(48)64-57/h1-40H. The van der Waals surface area contributed by atoms with Crippen LogP contribution in [0.1, 0.15) is 0 Å². The van der Waals surface area contributed by atoms with Gasteiger partial charge in [0.15, 0.2) is 5.82 Å². The lowest BCUT2D eigenvalue weighted by Crippen LogP contribution is -1.96. The van der Waals surface area contributed by atoms with Crippen LogP contribution in [0.25, 0.3) is 122 Å². The Labute approximate surface area is 383 Å². The quantitative estimate of drug-likeness (QED) is 0.143. The molecular formula is C62H40N4. The van der Waals surface area contributed by atoms with Gasteiger partial charge in [-0.05, 0) is 68.4 Å². The van der Waals surface area contributed by atoms with Gasteiger partial charge in [0.2, 0.25) is 0 Å². The number of fused-ring (bicyclic) bond motifs is 4. The zero-order chi connectivity index (χ0) is 43.8. The first-order chi connectivity index (χ1) is 32.7. The molecule has 4 heteroatoms. The Hall–Kier alpha value is -8.86. The molecule has 12 rings (SSSR count). The van der Waals surface area contributed by atoms with Crippen LogP contribution in [0, 0.1) is 0 Å². The summed E-state index contributed by atoms with van der Waals surface area (Å²) in [6.07, 6.45) is 0. The molecule has 0 spiro atoms. The molecule has 12 aromatic rings. The third kappa shape index (κ3) is 7.36. The zero-order valence-corrected chi connectivity index (χ0v) is 35.9. The Kier molecular flexibility index (Phi) is 9.81. The van der Waals surface area contributed by atoms with Gasteiger partial charge in [-0.3, -0.25) is 0 Å². The average molecular weight is 841 g/mol. The fourth-order valence-electron chi connectivity index (χ4n) is 9.08. The molecule has 0 aliphatic carbocycles. The number of hydrogen-bond donors (Lipinski definition) is 0. The van der Waals surface area contributed by atoms with Gasteiger partial charge in [-0.2, -0.15) is 0 Å². The third-order valence-corrected chi connectivity index (χ3v) is 12.5. The van der Waals surface area contributed by atoms with Crippen molar-refractivity contribution in [1.82, 2.24) is 19.9 Å². The molecule has 0 saturated heterocycles. The van der Waals surface area contributed by atoms with Gasteiger partial charge in [0.1, 0.15) is 0 Å². The van der Waals surface area contributed by atoms with Gasteiger partial charge in [-0.1, -0.05) is 218 Å². The molecule has 0 amide bonds. The lowest BCUT2D eigenvalue weighted by molar-refractivity contribution is 1.18. The number of aromatic nitrogens is 4. The zero-order valence-electron chi connectivity index (χ0n) is 35.9. The lowest BCUT2D eigenvalue weighted by Gasteiger charge is -2.14. The van der Waals surface area contributed by atoms with E-state index in [1.807, 2.05) is 30.3 Å². The van der Waals surface area contributed by atoms with E-state index in [1.165, 1.54) is 22.1 Å². The van der Waals surface area contributed by atoms with Crippen molar-refractivity contribution in [3.8, 4) is 89.8 Å². The van der Waals surface area contributed by atoms with E-state index in [-0.39, 0.29) is 0 Å². The summed E-state index contributed by atoms with van der Waals surface area (Å²) in [4.78, 5) is 20.6. The molecule has 0 fully saturated rings. The SMILES string of the molecule is c1ccc(-c2ccc(-c3cc(-c4ccc(-c5cccc(-c6ccc(-c7ccc8ccc9ccc(-c%10ccccc%10)nc9c8n7)c7ccccc67)c5)cc4)nc(-c4ccccc4)n3)cc2)cc1. The predicted octanol–water partition coefficient (Wildman–Crippen LogP) is 16.1. The van der Waals surface area contributed by atoms with E-state index in [2.05, 4.69) is 212 Å². The summed E-state index contributed by atoms with van der Waals surface area (Å²) < 4.78 is 0. The number of hydrogen-bond acceptors (Lipinski definition) is 4. The first-order valence-electron chi connectivity index (χ1n) is 22.3. The monoisotopic (exact) mass is 840 g/mol.